The quantitative estimate of drug-likeness (QED) is 0.590. The number of rotatable bonds is 3. The second kappa shape index (κ2) is 4.53. The average Bonchev–Trinajstić information content (AvgIpc) is 2.67. The van der Waals surface area contributed by atoms with Gasteiger partial charge in [0.25, 0.3) is 0 Å². The predicted molar refractivity (Wildman–Crippen MR) is 57.5 cm³/mol. The Labute approximate surface area is 91.3 Å². The van der Waals surface area contributed by atoms with Gasteiger partial charge >= 0.3 is 0 Å². The minimum atomic E-state index is 0.523. The number of aromatic nitrogens is 1. The van der Waals surface area contributed by atoms with E-state index < -0.39 is 0 Å². The summed E-state index contributed by atoms with van der Waals surface area (Å²) in [6.45, 7) is 0. The molecule has 0 fully saturated rings. The summed E-state index contributed by atoms with van der Waals surface area (Å²) in [5.41, 5.74) is 0. The van der Waals surface area contributed by atoms with Gasteiger partial charge in [-0.1, -0.05) is 11.6 Å². The van der Waals surface area contributed by atoms with Crippen molar-refractivity contribution in [3.05, 3.63) is 47.6 Å². The number of hydrogen-bond acceptors (Lipinski definition) is 3. The van der Waals surface area contributed by atoms with Crippen LogP contribution in [0.15, 0.2) is 46.0 Å². The third kappa shape index (κ3) is 2.53. The summed E-state index contributed by atoms with van der Waals surface area (Å²) in [6, 6.07) is 7.61. The molecule has 0 aliphatic rings. The van der Waals surface area contributed by atoms with E-state index in [9.17, 15) is 0 Å². The van der Waals surface area contributed by atoms with E-state index in [2.05, 4.69) is 4.98 Å². The van der Waals surface area contributed by atoms with Crippen molar-refractivity contribution in [2.45, 2.75) is 10.6 Å². The largest absolute Gasteiger partial charge is 0.468 e. The Morgan fingerprint density at radius 2 is 2.36 bits per heavy atom. The molecule has 4 heteroatoms. The lowest BCUT2D eigenvalue weighted by molar-refractivity contribution is 0.530. The number of thioether (sulfide) groups is 1. The van der Waals surface area contributed by atoms with Gasteiger partial charge in [-0.25, -0.2) is 4.98 Å². The number of nitrogens with zero attached hydrogens (tertiary/aromatic N) is 1. The summed E-state index contributed by atoms with van der Waals surface area (Å²) in [7, 11) is 0. The Hall–Kier alpha value is -0.930. The van der Waals surface area contributed by atoms with Crippen molar-refractivity contribution in [3.63, 3.8) is 0 Å². The molecule has 0 aromatic carbocycles. The second-order valence-corrected chi connectivity index (χ2v) is 4.12. The summed E-state index contributed by atoms with van der Waals surface area (Å²) in [5.74, 6) is 1.77. The van der Waals surface area contributed by atoms with Crippen molar-refractivity contribution in [2.24, 2.45) is 0 Å². The van der Waals surface area contributed by atoms with Gasteiger partial charge in [0.2, 0.25) is 0 Å². The topological polar surface area (TPSA) is 26.0 Å². The average molecular weight is 226 g/mol. The van der Waals surface area contributed by atoms with Crippen LogP contribution < -0.4 is 0 Å². The number of pyridine rings is 1. The van der Waals surface area contributed by atoms with E-state index in [-0.39, 0.29) is 0 Å². The van der Waals surface area contributed by atoms with E-state index >= 15 is 0 Å². The van der Waals surface area contributed by atoms with Crippen molar-refractivity contribution in [1.29, 1.82) is 0 Å². The summed E-state index contributed by atoms with van der Waals surface area (Å²) in [6.07, 6.45) is 3.38. The molecule has 2 aromatic rings. The molecule has 0 atom stereocenters. The first kappa shape index (κ1) is 9.62. The molecule has 2 rings (SSSR count). The third-order valence-corrected chi connectivity index (χ3v) is 2.88. The van der Waals surface area contributed by atoms with E-state index in [4.69, 9.17) is 16.0 Å². The number of halogens is 1. The molecule has 0 aliphatic heterocycles. The highest BCUT2D eigenvalue weighted by Gasteiger charge is 1.99. The van der Waals surface area contributed by atoms with Gasteiger partial charge in [0.1, 0.15) is 10.9 Å². The molecule has 0 bridgehead atoms. The van der Waals surface area contributed by atoms with Crippen LogP contribution in [0.3, 0.4) is 0 Å². The fourth-order valence-electron chi connectivity index (χ4n) is 1.02. The predicted octanol–water partition coefficient (Wildman–Crippen LogP) is 3.62. The van der Waals surface area contributed by atoms with Crippen molar-refractivity contribution in [2.75, 3.05) is 0 Å². The van der Waals surface area contributed by atoms with Crippen LogP contribution >= 0.6 is 23.4 Å². The van der Waals surface area contributed by atoms with E-state index in [1.54, 1.807) is 24.2 Å². The van der Waals surface area contributed by atoms with Crippen molar-refractivity contribution < 1.29 is 4.42 Å². The molecule has 14 heavy (non-hydrogen) atoms. The molecule has 2 aromatic heterocycles. The van der Waals surface area contributed by atoms with Crippen molar-refractivity contribution >= 4 is 23.4 Å². The maximum atomic E-state index is 5.76. The Bertz CT molecular complexity index is 402. The van der Waals surface area contributed by atoms with Gasteiger partial charge < -0.3 is 4.42 Å². The first-order chi connectivity index (χ1) is 6.84. The van der Waals surface area contributed by atoms with E-state index in [0.29, 0.717) is 5.15 Å². The summed E-state index contributed by atoms with van der Waals surface area (Å²) < 4.78 is 5.22. The highest BCUT2D eigenvalue weighted by Crippen LogP contribution is 2.23. The molecule has 0 saturated carbocycles. The van der Waals surface area contributed by atoms with E-state index in [1.165, 1.54) is 0 Å². The van der Waals surface area contributed by atoms with Crippen molar-refractivity contribution in [3.8, 4) is 0 Å². The van der Waals surface area contributed by atoms with E-state index in [0.717, 1.165) is 16.4 Å². The first-order valence-corrected chi connectivity index (χ1v) is 5.48. The van der Waals surface area contributed by atoms with Crippen LogP contribution in [0.4, 0.5) is 0 Å². The Morgan fingerprint density at radius 3 is 3.07 bits per heavy atom. The molecule has 0 spiro atoms. The van der Waals surface area contributed by atoms with Crippen LogP contribution in [0.2, 0.25) is 5.15 Å². The monoisotopic (exact) mass is 225 g/mol. The van der Waals surface area contributed by atoms with Crippen LogP contribution in [-0.4, -0.2) is 4.98 Å². The lowest BCUT2D eigenvalue weighted by atomic mass is 10.5. The lowest BCUT2D eigenvalue weighted by Gasteiger charge is -1.98. The summed E-state index contributed by atoms with van der Waals surface area (Å²) >= 11 is 7.43. The van der Waals surface area contributed by atoms with Gasteiger partial charge in [-0.15, -0.1) is 11.8 Å². The van der Waals surface area contributed by atoms with E-state index in [1.807, 2.05) is 24.3 Å². The Balaban J connectivity index is 1.98. The summed E-state index contributed by atoms with van der Waals surface area (Å²) in [4.78, 5) is 5.01. The molecule has 0 radical (unpaired) electrons. The molecule has 0 aliphatic carbocycles. The first-order valence-electron chi connectivity index (χ1n) is 4.11. The van der Waals surface area contributed by atoms with Gasteiger partial charge in [0.05, 0.1) is 12.0 Å². The maximum absolute atomic E-state index is 5.76. The second-order valence-electron chi connectivity index (χ2n) is 2.68. The van der Waals surface area contributed by atoms with Crippen LogP contribution in [0.25, 0.3) is 0 Å². The fraction of sp³-hybridized carbons (Fsp3) is 0.100. The standard InChI is InChI=1S/C10H8ClNOS/c11-10-6-9(3-4-12-10)14-7-8-2-1-5-13-8/h1-6H,7H2. The van der Waals surface area contributed by atoms with Crippen LogP contribution in [0.1, 0.15) is 5.76 Å². The third-order valence-electron chi connectivity index (χ3n) is 1.66. The van der Waals surface area contributed by atoms with Gasteiger partial charge in [-0.2, -0.15) is 0 Å². The molecule has 2 heterocycles. The minimum Gasteiger partial charge on any atom is -0.468 e. The molecular weight excluding hydrogens is 218 g/mol. The van der Waals surface area contributed by atoms with Gasteiger partial charge in [0.15, 0.2) is 0 Å². The van der Waals surface area contributed by atoms with Gasteiger partial charge in [0, 0.05) is 11.1 Å². The molecule has 0 N–H and O–H groups in total. The van der Waals surface area contributed by atoms with Crippen LogP contribution in [0, 0.1) is 0 Å². The molecule has 72 valence electrons. The van der Waals surface area contributed by atoms with Gasteiger partial charge in [-0.05, 0) is 24.3 Å². The molecule has 0 amide bonds. The SMILES string of the molecule is Clc1cc(SCc2ccco2)ccn1. The zero-order chi connectivity index (χ0) is 9.80. The zero-order valence-electron chi connectivity index (χ0n) is 7.31. The summed E-state index contributed by atoms with van der Waals surface area (Å²) in [5, 5.41) is 0.523. The van der Waals surface area contributed by atoms with Crippen molar-refractivity contribution in [1.82, 2.24) is 4.98 Å². The highest BCUT2D eigenvalue weighted by atomic mass is 35.5. The molecule has 0 saturated heterocycles. The number of hydrogen-bond donors (Lipinski definition) is 0. The molecule has 2 nitrogen and oxygen atoms in total. The van der Waals surface area contributed by atoms with Crippen LogP contribution in [-0.2, 0) is 5.75 Å². The Morgan fingerprint density at radius 1 is 1.43 bits per heavy atom. The maximum Gasteiger partial charge on any atom is 0.130 e. The normalized spacial score (nSPS) is 10.4. The number of furan rings is 1. The molecule has 0 unspecified atom stereocenters. The Kier molecular flexibility index (Phi) is 3.11. The van der Waals surface area contributed by atoms with Gasteiger partial charge in [-0.3, -0.25) is 0 Å². The van der Waals surface area contributed by atoms with Crippen LogP contribution in [0.5, 0.6) is 0 Å². The highest BCUT2D eigenvalue weighted by molar-refractivity contribution is 7.98. The zero-order valence-corrected chi connectivity index (χ0v) is 8.89. The fourth-order valence-corrected chi connectivity index (χ4v) is 2.09. The minimum absolute atomic E-state index is 0.523. The smallest absolute Gasteiger partial charge is 0.130 e. The lowest BCUT2D eigenvalue weighted by Crippen LogP contribution is -1.78. The molecular formula is C10H8ClNOS.